The van der Waals surface area contributed by atoms with Gasteiger partial charge in [-0.05, 0) is 42.8 Å². The molecule has 3 rings (SSSR count). The molecule has 2 N–H and O–H groups in total. The topological polar surface area (TPSA) is 38.9 Å². The first kappa shape index (κ1) is 14.2. The monoisotopic (exact) mass is 344 g/mol. The van der Waals surface area contributed by atoms with Crippen molar-refractivity contribution in [1.82, 2.24) is 4.98 Å². The minimum atomic E-state index is -0.533. The first-order chi connectivity index (χ1) is 10.1. The Morgan fingerprint density at radius 2 is 1.86 bits per heavy atom. The average Bonchev–Trinajstić information content (AvgIpc) is 2.48. The molecule has 0 radical (unpaired) electrons. The molecule has 0 saturated heterocycles. The molecule has 0 fully saturated rings. The van der Waals surface area contributed by atoms with Crippen LogP contribution in [0.3, 0.4) is 0 Å². The normalized spacial score (nSPS) is 12.6. The highest BCUT2D eigenvalue weighted by Crippen LogP contribution is 2.30. The zero-order valence-corrected chi connectivity index (χ0v) is 13.1. The third kappa shape index (κ3) is 2.69. The Balaban J connectivity index is 2.22. The number of rotatable bonds is 2. The van der Waals surface area contributed by atoms with Gasteiger partial charge in [-0.1, -0.05) is 34.1 Å². The largest absolute Gasteiger partial charge is 0.320 e. The van der Waals surface area contributed by atoms with Gasteiger partial charge in [0.2, 0.25) is 0 Å². The Morgan fingerprint density at radius 1 is 1.10 bits per heavy atom. The second kappa shape index (κ2) is 5.54. The lowest BCUT2D eigenvalue weighted by molar-refractivity contribution is 0.599. The number of hydrogen-bond acceptors (Lipinski definition) is 2. The van der Waals surface area contributed by atoms with Gasteiger partial charge in [0.25, 0.3) is 0 Å². The molecule has 1 heterocycles. The van der Waals surface area contributed by atoms with E-state index < -0.39 is 6.04 Å². The number of halogens is 2. The number of pyridine rings is 1. The van der Waals surface area contributed by atoms with Crippen molar-refractivity contribution in [2.75, 3.05) is 0 Å². The molecule has 3 aromatic rings. The Morgan fingerprint density at radius 3 is 2.67 bits per heavy atom. The highest BCUT2D eigenvalue weighted by atomic mass is 79.9. The summed E-state index contributed by atoms with van der Waals surface area (Å²) in [5.41, 5.74) is 9.43. The van der Waals surface area contributed by atoms with E-state index in [2.05, 4.69) is 20.9 Å². The summed E-state index contributed by atoms with van der Waals surface area (Å²) in [6.45, 7) is 1.92. The summed E-state index contributed by atoms with van der Waals surface area (Å²) in [6.07, 6.45) is 0. The SMILES string of the molecule is Cc1cc(C(N)c2cc(Br)ccc2F)c2ccccc2n1. The number of nitrogens with two attached hydrogens (primary N) is 1. The van der Waals surface area contributed by atoms with Crippen LogP contribution in [0.1, 0.15) is 22.9 Å². The molecule has 1 unspecified atom stereocenters. The van der Waals surface area contributed by atoms with Gasteiger partial charge in [0, 0.05) is 21.1 Å². The highest BCUT2D eigenvalue weighted by molar-refractivity contribution is 9.10. The lowest BCUT2D eigenvalue weighted by Crippen LogP contribution is -2.14. The van der Waals surface area contributed by atoms with Gasteiger partial charge in [-0.15, -0.1) is 0 Å². The Bertz CT molecular complexity index is 817. The summed E-state index contributed by atoms with van der Waals surface area (Å²) >= 11 is 3.37. The fourth-order valence-corrected chi connectivity index (χ4v) is 2.90. The number of benzene rings is 2. The molecule has 0 spiro atoms. The van der Waals surface area contributed by atoms with Crippen LogP contribution in [-0.2, 0) is 0 Å². The molecule has 1 aromatic heterocycles. The molecule has 4 heteroatoms. The van der Waals surface area contributed by atoms with Crippen LogP contribution in [0.4, 0.5) is 4.39 Å². The van der Waals surface area contributed by atoms with Crippen molar-refractivity contribution >= 4 is 26.8 Å². The molecule has 21 heavy (non-hydrogen) atoms. The predicted molar refractivity (Wildman–Crippen MR) is 86.6 cm³/mol. The summed E-state index contributed by atoms with van der Waals surface area (Å²) in [6, 6.07) is 14.0. The molecule has 2 nitrogen and oxygen atoms in total. The number of para-hydroxylation sites is 1. The van der Waals surface area contributed by atoms with Crippen LogP contribution in [0.5, 0.6) is 0 Å². The molecular formula is C17H14BrFN2. The molecule has 106 valence electrons. The lowest BCUT2D eigenvalue weighted by atomic mass is 9.95. The van der Waals surface area contributed by atoms with Gasteiger partial charge in [0.05, 0.1) is 11.6 Å². The van der Waals surface area contributed by atoms with Crippen molar-refractivity contribution in [3.8, 4) is 0 Å². The molecule has 0 aliphatic carbocycles. The molecule has 0 saturated carbocycles. The average molecular weight is 345 g/mol. The molecule has 2 aromatic carbocycles. The highest BCUT2D eigenvalue weighted by Gasteiger charge is 2.17. The molecule has 0 bridgehead atoms. The van der Waals surface area contributed by atoms with Crippen LogP contribution in [0.15, 0.2) is 53.0 Å². The lowest BCUT2D eigenvalue weighted by Gasteiger charge is -2.17. The van der Waals surface area contributed by atoms with Gasteiger partial charge < -0.3 is 5.73 Å². The van der Waals surface area contributed by atoms with Gasteiger partial charge in [-0.3, -0.25) is 4.98 Å². The third-order valence-corrected chi connectivity index (χ3v) is 4.00. The number of aromatic nitrogens is 1. The van der Waals surface area contributed by atoms with E-state index in [-0.39, 0.29) is 5.82 Å². The Labute approximate surface area is 130 Å². The maximum absolute atomic E-state index is 14.1. The Kier molecular flexibility index (Phi) is 3.74. The summed E-state index contributed by atoms with van der Waals surface area (Å²) in [7, 11) is 0. The van der Waals surface area contributed by atoms with Crippen molar-refractivity contribution in [3.05, 3.63) is 75.6 Å². The Hall–Kier alpha value is -1.78. The van der Waals surface area contributed by atoms with Crippen LogP contribution in [0, 0.1) is 12.7 Å². The van der Waals surface area contributed by atoms with E-state index >= 15 is 0 Å². The smallest absolute Gasteiger partial charge is 0.128 e. The van der Waals surface area contributed by atoms with E-state index in [1.54, 1.807) is 12.1 Å². The van der Waals surface area contributed by atoms with Crippen molar-refractivity contribution in [2.24, 2.45) is 5.73 Å². The summed E-state index contributed by atoms with van der Waals surface area (Å²) in [5.74, 6) is -0.302. The molecule has 0 amide bonds. The standard InChI is InChI=1S/C17H14BrFN2/c1-10-8-13(12-4-2-3-5-16(12)21-10)17(20)14-9-11(18)6-7-15(14)19/h2-9,17H,20H2,1H3. The third-order valence-electron chi connectivity index (χ3n) is 3.50. The van der Waals surface area contributed by atoms with Crippen LogP contribution in [0.25, 0.3) is 10.9 Å². The van der Waals surface area contributed by atoms with E-state index in [1.165, 1.54) is 6.07 Å². The zero-order valence-electron chi connectivity index (χ0n) is 11.5. The first-order valence-electron chi connectivity index (χ1n) is 6.63. The first-order valence-corrected chi connectivity index (χ1v) is 7.42. The fraction of sp³-hybridized carbons (Fsp3) is 0.118. The molecule has 0 aliphatic heterocycles. The fourth-order valence-electron chi connectivity index (χ4n) is 2.52. The molecule has 1 atom stereocenters. The van der Waals surface area contributed by atoms with Gasteiger partial charge in [-0.2, -0.15) is 0 Å². The van der Waals surface area contributed by atoms with Crippen molar-refractivity contribution in [3.63, 3.8) is 0 Å². The zero-order chi connectivity index (χ0) is 15.0. The second-order valence-corrected chi connectivity index (χ2v) is 5.93. The van der Waals surface area contributed by atoms with Crippen LogP contribution >= 0.6 is 15.9 Å². The summed E-state index contributed by atoms with van der Waals surface area (Å²) < 4.78 is 14.9. The van der Waals surface area contributed by atoms with Crippen molar-refractivity contribution in [1.29, 1.82) is 0 Å². The van der Waals surface area contributed by atoms with Gasteiger partial charge in [-0.25, -0.2) is 4.39 Å². The van der Waals surface area contributed by atoms with E-state index in [4.69, 9.17) is 5.73 Å². The van der Waals surface area contributed by atoms with E-state index in [0.717, 1.165) is 26.6 Å². The molecule has 0 aliphatic rings. The van der Waals surface area contributed by atoms with Crippen molar-refractivity contribution < 1.29 is 4.39 Å². The number of aryl methyl sites for hydroxylation is 1. The van der Waals surface area contributed by atoms with Crippen LogP contribution in [-0.4, -0.2) is 4.98 Å². The van der Waals surface area contributed by atoms with Gasteiger partial charge >= 0.3 is 0 Å². The van der Waals surface area contributed by atoms with E-state index in [0.29, 0.717) is 5.56 Å². The quantitative estimate of drug-likeness (QED) is 0.743. The summed E-state index contributed by atoms with van der Waals surface area (Å²) in [4.78, 5) is 4.49. The number of nitrogens with zero attached hydrogens (tertiary/aromatic N) is 1. The number of fused-ring (bicyclic) bond motifs is 1. The minimum absolute atomic E-state index is 0.302. The van der Waals surface area contributed by atoms with Gasteiger partial charge in [0.1, 0.15) is 5.82 Å². The predicted octanol–water partition coefficient (Wildman–Crippen LogP) is 4.49. The van der Waals surface area contributed by atoms with Crippen LogP contribution in [0.2, 0.25) is 0 Å². The second-order valence-electron chi connectivity index (χ2n) is 5.01. The number of hydrogen-bond donors (Lipinski definition) is 1. The van der Waals surface area contributed by atoms with E-state index in [9.17, 15) is 4.39 Å². The summed E-state index contributed by atoms with van der Waals surface area (Å²) in [5, 5.41) is 0.954. The molecular weight excluding hydrogens is 331 g/mol. The maximum Gasteiger partial charge on any atom is 0.128 e. The van der Waals surface area contributed by atoms with Crippen LogP contribution < -0.4 is 5.73 Å². The van der Waals surface area contributed by atoms with E-state index in [1.807, 2.05) is 37.3 Å². The van der Waals surface area contributed by atoms with Gasteiger partial charge in [0.15, 0.2) is 0 Å². The maximum atomic E-state index is 14.1. The van der Waals surface area contributed by atoms with Crippen molar-refractivity contribution in [2.45, 2.75) is 13.0 Å². The minimum Gasteiger partial charge on any atom is -0.320 e.